The molecule has 0 aromatic rings. The molecule has 1 aliphatic heterocycles. The van der Waals surface area contributed by atoms with Gasteiger partial charge >= 0.3 is 0 Å². The van der Waals surface area contributed by atoms with Gasteiger partial charge in [0.1, 0.15) is 24.4 Å². The Morgan fingerprint density at radius 3 is 2.10 bits per heavy atom. The van der Waals surface area contributed by atoms with Crippen LogP contribution < -0.4 is 0 Å². The van der Waals surface area contributed by atoms with Crippen LogP contribution in [0, 0.1) is 0 Å². The highest BCUT2D eigenvalue weighted by molar-refractivity contribution is 4.92. The van der Waals surface area contributed by atoms with Gasteiger partial charge in [-0.25, -0.2) is 0 Å². The zero-order valence-corrected chi connectivity index (χ0v) is 12.7. The average Bonchev–Trinajstić information content (AvgIpc) is 2.49. The third kappa shape index (κ3) is 4.25. The van der Waals surface area contributed by atoms with Gasteiger partial charge in [0, 0.05) is 28.4 Å². The molecule has 1 saturated heterocycles. The SMILES string of the molecule is C=CCCOC[C@H]1O[C@H](OC)[C@H](OC)[C@@H](OC)[C@@H]1OC. The molecule has 0 unspecified atom stereocenters. The molecule has 1 rings (SSSR count). The highest BCUT2D eigenvalue weighted by Crippen LogP contribution is 2.27. The summed E-state index contributed by atoms with van der Waals surface area (Å²) >= 11 is 0. The van der Waals surface area contributed by atoms with E-state index in [1.807, 2.05) is 6.08 Å². The minimum Gasteiger partial charge on any atom is -0.378 e. The van der Waals surface area contributed by atoms with Gasteiger partial charge in [-0.05, 0) is 6.42 Å². The van der Waals surface area contributed by atoms with Crippen molar-refractivity contribution in [1.82, 2.24) is 0 Å². The van der Waals surface area contributed by atoms with Crippen LogP contribution in [-0.2, 0) is 28.4 Å². The fraction of sp³-hybridized carbons (Fsp3) is 0.857. The Balaban J connectivity index is 2.69. The smallest absolute Gasteiger partial charge is 0.186 e. The third-order valence-electron chi connectivity index (χ3n) is 3.39. The first kappa shape index (κ1) is 17.6. The maximum Gasteiger partial charge on any atom is 0.186 e. The van der Waals surface area contributed by atoms with E-state index in [1.54, 1.807) is 28.4 Å². The summed E-state index contributed by atoms with van der Waals surface area (Å²) in [6.45, 7) is 4.66. The van der Waals surface area contributed by atoms with E-state index in [0.29, 0.717) is 13.2 Å². The van der Waals surface area contributed by atoms with Crippen LogP contribution in [-0.4, -0.2) is 72.4 Å². The summed E-state index contributed by atoms with van der Waals surface area (Å²) in [5, 5.41) is 0. The van der Waals surface area contributed by atoms with Crippen molar-refractivity contribution >= 4 is 0 Å². The average molecular weight is 290 g/mol. The number of hydrogen-bond acceptors (Lipinski definition) is 6. The summed E-state index contributed by atoms with van der Waals surface area (Å²) in [6.07, 6.45) is 0.922. The Hall–Kier alpha value is -0.500. The number of methoxy groups -OCH3 is 4. The Kier molecular flexibility index (Phi) is 8.28. The molecule has 0 amide bonds. The summed E-state index contributed by atoms with van der Waals surface area (Å²) in [4.78, 5) is 0. The van der Waals surface area contributed by atoms with Crippen LogP contribution in [0.15, 0.2) is 12.7 Å². The maximum absolute atomic E-state index is 5.85. The minimum absolute atomic E-state index is 0.272. The van der Waals surface area contributed by atoms with Crippen molar-refractivity contribution in [3.8, 4) is 0 Å². The van der Waals surface area contributed by atoms with Crippen molar-refractivity contribution < 1.29 is 28.4 Å². The summed E-state index contributed by atoms with van der Waals surface area (Å²) in [5.74, 6) is 0. The quantitative estimate of drug-likeness (QED) is 0.466. The second-order valence-corrected chi connectivity index (χ2v) is 4.53. The lowest BCUT2D eigenvalue weighted by Gasteiger charge is -2.44. The fourth-order valence-electron chi connectivity index (χ4n) is 2.37. The zero-order chi connectivity index (χ0) is 15.0. The van der Waals surface area contributed by atoms with Crippen molar-refractivity contribution in [2.45, 2.75) is 37.1 Å². The van der Waals surface area contributed by atoms with Crippen molar-refractivity contribution in [2.75, 3.05) is 41.7 Å². The largest absolute Gasteiger partial charge is 0.378 e. The minimum atomic E-state index is -0.510. The van der Waals surface area contributed by atoms with Gasteiger partial charge in [-0.1, -0.05) is 6.08 Å². The van der Waals surface area contributed by atoms with Crippen LogP contribution in [0.4, 0.5) is 0 Å². The fourth-order valence-corrected chi connectivity index (χ4v) is 2.37. The third-order valence-corrected chi connectivity index (χ3v) is 3.39. The van der Waals surface area contributed by atoms with Crippen molar-refractivity contribution in [2.24, 2.45) is 0 Å². The first-order valence-corrected chi connectivity index (χ1v) is 6.68. The van der Waals surface area contributed by atoms with Crippen LogP contribution >= 0.6 is 0 Å². The molecule has 6 heteroatoms. The predicted octanol–water partition coefficient (Wildman–Crippen LogP) is 0.995. The van der Waals surface area contributed by atoms with Crippen LogP contribution in [0.3, 0.4) is 0 Å². The summed E-state index contributed by atoms with van der Waals surface area (Å²) in [7, 11) is 6.42. The van der Waals surface area contributed by atoms with Crippen molar-refractivity contribution in [3.63, 3.8) is 0 Å². The van der Waals surface area contributed by atoms with E-state index >= 15 is 0 Å². The Morgan fingerprint density at radius 2 is 1.60 bits per heavy atom. The second kappa shape index (κ2) is 9.44. The molecule has 0 aromatic heterocycles. The van der Waals surface area contributed by atoms with E-state index in [4.69, 9.17) is 28.4 Å². The lowest BCUT2D eigenvalue weighted by atomic mass is 9.98. The summed E-state index contributed by atoms with van der Waals surface area (Å²) < 4.78 is 33.2. The van der Waals surface area contributed by atoms with E-state index in [-0.39, 0.29) is 24.4 Å². The van der Waals surface area contributed by atoms with Crippen molar-refractivity contribution in [3.05, 3.63) is 12.7 Å². The van der Waals surface area contributed by atoms with Crippen LogP contribution in [0.1, 0.15) is 6.42 Å². The Morgan fingerprint density at radius 1 is 0.950 bits per heavy atom. The molecule has 118 valence electrons. The molecule has 6 nitrogen and oxygen atoms in total. The molecule has 1 heterocycles. The van der Waals surface area contributed by atoms with Crippen molar-refractivity contribution in [1.29, 1.82) is 0 Å². The molecule has 0 N–H and O–H groups in total. The topological polar surface area (TPSA) is 55.4 Å². The number of ether oxygens (including phenoxy) is 6. The zero-order valence-electron chi connectivity index (χ0n) is 12.7. The van der Waals surface area contributed by atoms with Gasteiger partial charge in [-0.15, -0.1) is 6.58 Å². The summed E-state index contributed by atoms with van der Waals surface area (Å²) in [5.41, 5.74) is 0. The van der Waals surface area contributed by atoms with Crippen LogP contribution in [0.5, 0.6) is 0 Å². The molecule has 0 bridgehead atoms. The maximum atomic E-state index is 5.85. The highest BCUT2D eigenvalue weighted by Gasteiger charge is 2.47. The lowest BCUT2D eigenvalue weighted by Crippen LogP contribution is -2.61. The molecule has 20 heavy (non-hydrogen) atoms. The summed E-state index contributed by atoms with van der Waals surface area (Å²) in [6, 6.07) is 0. The van der Waals surface area contributed by atoms with Gasteiger partial charge in [-0.2, -0.15) is 0 Å². The molecular weight excluding hydrogens is 264 g/mol. The highest BCUT2D eigenvalue weighted by atomic mass is 16.7. The lowest BCUT2D eigenvalue weighted by molar-refractivity contribution is -0.308. The number of hydrogen-bond donors (Lipinski definition) is 0. The Labute approximate surface area is 120 Å². The molecule has 5 atom stereocenters. The molecule has 0 spiro atoms. The van der Waals surface area contributed by atoms with E-state index in [9.17, 15) is 0 Å². The molecule has 0 aromatic carbocycles. The monoisotopic (exact) mass is 290 g/mol. The van der Waals surface area contributed by atoms with Gasteiger partial charge in [0.05, 0.1) is 13.2 Å². The molecule has 0 saturated carbocycles. The van der Waals surface area contributed by atoms with Gasteiger partial charge < -0.3 is 28.4 Å². The van der Waals surface area contributed by atoms with Crippen LogP contribution in [0.25, 0.3) is 0 Å². The molecule has 1 fully saturated rings. The van der Waals surface area contributed by atoms with E-state index < -0.39 is 6.29 Å². The van der Waals surface area contributed by atoms with Gasteiger partial charge in [-0.3, -0.25) is 0 Å². The van der Waals surface area contributed by atoms with Gasteiger partial charge in [0.2, 0.25) is 0 Å². The molecular formula is C14H26O6. The van der Waals surface area contributed by atoms with E-state index in [2.05, 4.69) is 6.58 Å². The molecule has 0 radical (unpaired) electrons. The van der Waals surface area contributed by atoms with Gasteiger partial charge in [0.25, 0.3) is 0 Å². The predicted molar refractivity (Wildman–Crippen MR) is 73.7 cm³/mol. The first-order chi connectivity index (χ1) is 9.73. The Bertz CT molecular complexity index is 272. The number of rotatable bonds is 9. The molecule has 0 aliphatic carbocycles. The van der Waals surface area contributed by atoms with E-state index in [0.717, 1.165) is 6.42 Å². The van der Waals surface area contributed by atoms with Crippen LogP contribution in [0.2, 0.25) is 0 Å². The molecule has 1 aliphatic rings. The normalized spacial score (nSPS) is 34.1. The first-order valence-electron chi connectivity index (χ1n) is 6.68. The standard InChI is InChI=1S/C14H26O6/c1-6-7-8-19-9-10-11(15-2)12(16-3)13(17-4)14(18-5)20-10/h6,10-14H,1,7-9H2,2-5H3/t10-,11-,12+,13-,14+/m1/s1. The second-order valence-electron chi connectivity index (χ2n) is 4.53. The van der Waals surface area contributed by atoms with E-state index in [1.165, 1.54) is 0 Å². The van der Waals surface area contributed by atoms with Gasteiger partial charge in [0.15, 0.2) is 6.29 Å².